The molecule has 1 saturated heterocycles. The first-order valence-electron chi connectivity index (χ1n) is 7.52. The minimum absolute atomic E-state index is 0.0477. The summed E-state index contributed by atoms with van der Waals surface area (Å²) in [7, 11) is -1.89. The Kier molecular flexibility index (Phi) is 5.45. The summed E-state index contributed by atoms with van der Waals surface area (Å²) in [5.74, 6) is 0.399. The molecule has 0 radical (unpaired) electrons. The average Bonchev–Trinajstić information content (AvgIpc) is 3.01. The van der Waals surface area contributed by atoms with Crippen molar-refractivity contribution in [1.82, 2.24) is 4.90 Å². The van der Waals surface area contributed by atoms with E-state index in [0.717, 1.165) is 0 Å². The Hall–Kier alpha value is -0.263. The second-order valence-corrected chi connectivity index (χ2v) is 13.3. The van der Waals surface area contributed by atoms with Gasteiger partial charge in [-0.05, 0) is 38.9 Å². The molecule has 0 aromatic rings. The van der Waals surface area contributed by atoms with Crippen LogP contribution in [-0.2, 0) is 9.16 Å². The predicted octanol–water partition coefficient (Wildman–Crippen LogP) is 4.23. The van der Waals surface area contributed by atoms with Crippen molar-refractivity contribution in [3.63, 3.8) is 0 Å². The van der Waals surface area contributed by atoms with Gasteiger partial charge in [0.1, 0.15) is 5.60 Å². The maximum absolute atomic E-state index is 12.0. The largest absolute Gasteiger partial charge is 0.444 e. The highest BCUT2D eigenvalue weighted by Crippen LogP contribution is 2.39. The predicted molar refractivity (Wildman–Crippen MR) is 89.5 cm³/mol. The fourth-order valence-corrected chi connectivity index (χ4v) is 3.50. The van der Waals surface area contributed by atoms with Crippen molar-refractivity contribution in [2.75, 3.05) is 12.4 Å². The summed E-state index contributed by atoms with van der Waals surface area (Å²) in [5.41, 5.74) is -0.471. The van der Waals surface area contributed by atoms with Gasteiger partial charge in [-0.25, -0.2) is 4.79 Å². The molecule has 1 amide bonds. The fourth-order valence-electron chi connectivity index (χ4n) is 1.77. The van der Waals surface area contributed by atoms with Crippen LogP contribution in [0.4, 0.5) is 4.79 Å². The van der Waals surface area contributed by atoms with E-state index in [-0.39, 0.29) is 23.3 Å². The smallest absolute Gasteiger partial charge is 0.410 e. The van der Waals surface area contributed by atoms with Crippen LogP contribution in [0.2, 0.25) is 18.1 Å². The summed E-state index contributed by atoms with van der Waals surface area (Å²) in [5, 5.41) is 0.128. The van der Waals surface area contributed by atoms with Gasteiger partial charge in [-0.3, -0.25) is 4.90 Å². The van der Waals surface area contributed by atoms with Crippen molar-refractivity contribution in [3.8, 4) is 0 Å². The second-order valence-electron chi connectivity index (χ2n) is 8.27. The Bertz CT molecular complexity index is 387. The van der Waals surface area contributed by atoms with Crippen molar-refractivity contribution in [2.45, 2.75) is 77.4 Å². The van der Waals surface area contributed by atoms with Crippen molar-refractivity contribution in [1.29, 1.82) is 0 Å². The molecule has 1 rings (SSSR count). The summed E-state index contributed by atoms with van der Waals surface area (Å²) in [6.07, 6.45) is -0.387. The molecule has 0 saturated carbocycles. The van der Waals surface area contributed by atoms with Gasteiger partial charge in [0, 0.05) is 12.4 Å². The molecule has 0 N–H and O–H groups in total. The molecule has 0 aliphatic carbocycles. The maximum Gasteiger partial charge on any atom is 0.410 e. The Morgan fingerprint density at radius 1 is 1.29 bits per heavy atom. The molecule has 2 atom stereocenters. The summed E-state index contributed by atoms with van der Waals surface area (Å²) in [6, 6.07) is 0.0477. The van der Waals surface area contributed by atoms with E-state index in [1.165, 1.54) is 0 Å². The summed E-state index contributed by atoms with van der Waals surface area (Å²) >= 11 is 6.08. The lowest BCUT2D eigenvalue weighted by molar-refractivity contribution is 0.0377. The van der Waals surface area contributed by atoms with Crippen molar-refractivity contribution < 1.29 is 14.0 Å². The molecule has 1 aliphatic rings. The van der Waals surface area contributed by atoms with Crippen LogP contribution in [0.25, 0.3) is 0 Å². The highest BCUT2D eigenvalue weighted by molar-refractivity contribution is 6.74. The van der Waals surface area contributed by atoms with E-state index in [4.69, 9.17) is 20.8 Å². The number of amides is 1. The lowest BCUT2D eigenvalue weighted by Crippen LogP contribution is -2.46. The molecule has 0 aromatic heterocycles. The van der Waals surface area contributed by atoms with E-state index >= 15 is 0 Å². The van der Waals surface area contributed by atoms with Crippen LogP contribution in [0, 0.1) is 0 Å². The van der Waals surface area contributed by atoms with Gasteiger partial charge in [0.05, 0.1) is 12.1 Å². The minimum Gasteiger partial charge on any atom is -0.444 e. The zero-order valence-electron chi connectivity index (χ0n) is 14.6. The summed E-state index contributed by atoms with van der Waals surface area (Å²) < 4.78 is 11.7. The topological polar surface area (TPSA) is 38.5 Å². The number of hydrogen-bond acceptors (Lipinski definition) is 3. The van der Waals surface area contributed by atoms with E-state index in [1.54, 1.807) is 4.90 Å². The van der Waals surface area contributed by atoms with Crippen molar-refractivity contribution in [2.24, 2.45) is 0 Å². The van der Waals surface area contributed by atoms with Crippen LogP contribution in [0.3, 0.4) is 0 Å². The number of ether oxygens (including phenoxy) is 1. The third-order valence-corrected chi connectivity index (χ3v) is 8.92. The monoisotopic (exact) mass is 335 g/mol. The Morgan fingerprint density at radius 3 is 2.19 bits per heavy atom. The van der Waals surface area contributed by atoms with Crippen LogP contribution in [0.15, 0.2) is 0 Å². The van der Waals surface area contributed by atoms with Gasteiger partial charge >= 0.3 is 6.09 Å². The highest BCUT2D eigenvalue weighted by Gasteiger charge is 2.49. The summed E-state index contributed by atoms with van der Waals surface area (Å²) in [4.78, 5) is 13.7. The number of carbonyl (C=O) groups is 1. The first-order chi connectivity index (χ1) is 9.28. The third kappa shape index (κ3) is 5.15. The minimum atomic E-state index is -1.89. The van der Waals surface area contributed by atoms with Gasteiger partial charge in [0.2, 0.25) is 0 Å². The number of rotatable bonds is 4. The highest BCUT2D eigenvalue weighted by atomic mass is 35.5. The van der Waals surface area contributed by atoms with Crippen LogP contribution in [0.1, 0.15) is 41.5 Å². The molecule has 1 heterocycles. The number of carbonyl (C=O) groups excluding carboxylic acids is 1. The van der Waals surface area contributed by atoms with Crippen LogP contribution < -0.4 is 0 Å². The normalized spacial score (nSPS) is 21.2. The lowest BCUT2D eigenvalue weighted by atomic mass is 10.2. The van der Waals surface area contributed by atoms with Crippen molar-refractivity contribution >= 4 is 26.0 Å². The van der Waals surface area contributed by atoms with Gasteiger partial charge in [-0.1, -0.05) is 20.8 Å². The lowest BCUT2D eigenvalue weighted by Gasteiger charge is -2.39. The Balaban J connectivity index is 2.63. The molecule has 1 aliphatic heterocycles. The SMILES string of the molecule is CC(C)(C)OC(=O)N1C[C@@H]1[C@@H](CCl)O[Si](C)(C)C(C)(C)C. The molecule has 4 nitrogen and oxygen atoms in total. The molecule has 6 heteroatoms. The van der Waals surface area contributed by atoms with E-state index in [1.807, 2.05) is 20.8 Å². The molecule has 0 aromatic carbocycles. The maximum atomic E-state index is 12.0. The number of halogens is 1. The molecular formula is C15H30ClNO3Si. The van der Waals surface area contributed by atoms with Crippen LogP contribution in [-0.4, -0.2) is 49.5 Å². The average molecular weight is 336 g/mol. The zero-order valence-corrected chi connectivity index (χ0v) is 16.4. The second kappa shape index (κ2) is 6.09. The molecule has 0 unspecified atom stereocenters. The fraction of sp³-hybridized carbons (Fsp3) is 0.933. The van der Waals surface area contributed by atoms with Crippen molar-refractivity contribution in [3.05, 3.63) is 0 Å². The van der Waals surface area contributed by atoms with Crippen LogP contribution in [0.5, 0.6) is 0 Å². The Labute approximate surface area is 135 Å². The number of nitrogens with zero attached hydrogens (tertiary/aromatic N) is 1. The first kappa shape index (κ1) is 18.8. The van der Waals surface area contributed by atoms with Crippen LogP contribution >= 0.6 is 11.6 Å². The van der Waals surface area contributed by atoms with Gasteiger partial charge in [0.25, 0.3) is 0 Å². The van der Waals surface area contributed by atoms with Gasteiger partial charge in [0.15, 0.2) is 8.32 Å². The molecule has 0 bridgehead atoms. The zero-order chi connectivity index (χ0) is 16.6. The van der Waals surface area contributed by atoms with Gasteiger partial charge < -0.3 is 9.16 Å². The van der Waals surface area contributed by atoms with E-state index in [2.05, 4.69) is 33.9 Å². The number of hydrogen-bond donors (Lipinski definition) is 0. The molecule has 0 spiro atoms. The quantitative estimate of drug-likeness (QED) is 0.438. The number of alkyl halides is 1. The molecule has 124 valence electrons. The third-order valence-electron chi connectivity index (χ3n) is 4.11. The standard InChI is InChI=1S/C15H30ClNO3Si/c1-14(2,3)19-13(18)17-10-11(17)12(9-16)20-21(7,8)15(4,5)6/h11-12H,9-10H2,1-8H3/t11-,12-,17?/m1/s1. The summed E-state index contributed by atoms with van der Waals surface area (Å²) in [6.45, 7) is 17.3. The van der Waals surface area contributed by atoms with Gasteiger partial charge in [-0.15, -0.1) is 11.6 Å². The molecule has 1 fully saturated rings. The van der Waals surface area contributed by atoms with Gasteiger partial charge in [-0.2, -0.15) is 0 Å². The molecule has 21 heavy (non-hydrogen) atoms. The first-order valence-corrected chi connectivity index (χ1v) is 11.0. The molecular weight excluding hydrogens is 306 g/mol. The van der Waals surface area contributed by atoms with E-state index < -0.39 is 13.9 Å². The Morgan fingerprint density at radius 2 is 1.81 bits per heavy atom. The van der Waals surface area contributed by atoms with E-state index in [9.17, 15) is 4.79 Å². The van der Waals surface area contributed by atoms with E-state index in [0.29, 0.717) is 12.4 Å².